The molecule has 0 atom stereocenters. The lowest BCUT2D eigenvalue weighted by atomic mass is 10.1. The molecular formula is C28H29IN4O6. The Kier molecular flexibility index (Phi) is 10.3. The number of aryl methyl sites for hydroxylation is 3. The number of methoxy groups -OCH3 is 2. The van der Waals surface area contributed by atoms with Crippen LogP contribution in [0, 0.1) is 24.3 Å². The van der Waals surface area contributed by atoms with E-state index in [0.717, 1.165) is 22.4 Å². The Bertz CT molecular complexity index is 1380. The lowest BCUT2D eigenvalue weighted by Gasteiger charge is -2.15. The van der Waals surface area contributed by atoms with Crippen LogP contribution < -0.4 is 30.3 Å². The van der Waals surface area contributed by atoms with Crippen LogP contribution >= 0.6 is 22.6 Å². The fourth-order valence-electron chi connectivity index (χ4n) is 3.72. The van der Waals surface area contributed by atoms with Crippen molar-refractivity contribution in [2.75, 3.05) is 31.5 Å². The minimum absolute atomic E-state index is 0.216. The summed E-state index contributed by atoms with van der Waals surface area (Å²) in [5.41, 5.74) is 7.04. The number of hydrogen-bond donors (Lipinski definition) is 3. The second-order valence-electron chi connectivity index (χ2n) is 8.53. The molecule has 39 heavy (non-hydrogen) atoms. The number of nitrogens with zero attached hydrogens (tertiary/aromatic N) is 1. The van der Waals surface area contributed by atoms with Gasteiger partial charge < -0.3 is 24.8 Å². The minimum Gasteiger partial charge on any atom is -0.497 e. The molecule has 3 amide bonds. The molecule has 0 spiro atoms. The van der Waals surface area contributed by atoms with Crippen molar-refractivity contribution in [1.29, 1.82) is 0 Å². The molecule has 0 heterocycles. The van der Waals surface area contributed by atoms with Crippen LogP contribution in [0.4, 0.5) is 11.4 Å². The maximum Gasteiger partial charge on any atom is 0.329 e. The third-order valence-electron chi connectivity index (χ3n) is 5.47. The van der Waals surface area contributed by atoms with Gasteiger partial charge in [-0.25, -0.2) is 5.43 Å². The summed E-state index contributed by atoms with van der Waals surface area (Å²) < 4.78 is 16.9. The van der Waals surface area contributed by atoms with Crippen LogP contribution in [0.2, 0.25) is 0 Å². The molecule has 11 heteroatoms. The van der Waals surface area contributed by atoms with Crippen molar-refractivity contribution in [3.63, 3.8) is 0 Å². The van der Waals surface area contributed by atoms with Crippen molar-refractivity contribution >= 4 is 57.9 Å². The van der Waals surface area contributed by atoms with Gasteiger partial charge in [0.25, 0.3) is 5.91 Å². The van der Waals surface area contributed by atoms with Gasteiger partial charge in [0.2, 0.25) is 0 Å². The Morgan fingerprint density at radius 2 is 1.56 bits per heavy atom. The molecule has 0 aliphatic heterocycles. The summed E-state index contributed by atoms with van der Waals surface area (Å²) in [6, 6.07) is 13.9. The van der Waals surface area contributed by atoms with Crippen LogP contribution in [-0.4, -0.2) is 44.8 Å². The van der Waals surface area contributed by atoms with Gasteiger partial charge in [-0.1, -0.05) is 17.7 Å². The summed E-state index contributed by atoms with van der Waals surface area (Å²) in [4.78, 5) is 36.8. The second-order valence-corrected chi connectivity index (χ2v) is 9.69. The maximum absolute atomic E-state index is 12.6. The molecule has 10 nitrogen and oxygen atoms in total. The van der Waals surface area contributed by atoms with Crippen molar-refractivity contribution in [2.24, 2.45) is 5.10 Å². The zero-order valence-electron chi connectivity index (χ0n) is 22.2. The van der Waals surface area contributed by atoms with Gasteiger partial charge in [-0.2, -0.15) is 5.10 Å². The van der Waals surface area contributed by atoms with E-state index in [9.17, 15) is 14.4 Å². The number of benzene rings is 3. The van der Waals surface area contributed by atoms with Crippen LogP contribution in [0.3, 0.4) is 0 Å². The number of halogens is 1. The normalized spacial score (nSPS) is 10.6. The standard InChI is InChI=1S/C28H29IN4O6/c1-16-10-17(2)25(18(3)11-16)32-24(34)15-39-26-22(29)12-19(13-23(26)38-5)14-30-33-28(36)27(35)31-20-6-8-21(37-4)9-7-20/h6-14H,15H2,1-5H3,(H,31,35)(H,32,34)(H,33,36)/b30-14-. The molecule has 0 saturated heterocycles. The quantitative estimate of drug-likeness (QED) is 0.138. The molecule has 0 aliphatic rings. The van der Waals surface area contributed by atoms with E-state index in [1.807, 2.05) is 32.9 Å². The minimum atomic E-state index is -0.936. The van der Waals surface area contributed by atoms with Gasteiger partial charge in [0.1, 0.15) is 5.75 Å². The summed E-state index contributed by atoms with van der Waals surface area (Å²) in [6.45, 7) is 5.68. The summed E-state index contributed by atoms with van der Waals surface area (Å²) in [5, 5.41) is 9.23. The van der Waals surface area contributed by atoms with Crippen LogP contribution in [0.1, 0.15) is 22.3 Å². The lowest BCUT2D eigenvalue weighted by Crippen LogP contribution is -2.32. The van der Waals surface area contributed by atoms with E-state index >= 15 is 0 Å². The first kappa shape index (κ1) is 29.4. The number of ether oxygens (including phenoxy) is 3. The van der Waals surface area contributed by atoms with Gasteiger partial charge in [0, 0.05) is 11.4 Å². The fraction of sp³-hybridized carbons (Fsp3) is 0.214. The van der Waals surface area contributed by atoms with Crippen LogP contribution in [0.15, 0.2) is 53.6 Å². The van der Waals surface area contributed by atoms with Gasteiger partial charge in [-0.15, -0.1) is 0 Å². The van der Waals surface area contributed by atoms with Gasteiger partial charge >= 0.3 is 11.8 Å². The summed E-state index contributed by atoms with van der Waals surface area (Å²) in [5.74, 6) is -0.715. The van der Waals surface area contributed by atoms with E-state index in [1.54, 1.807) is 36.4 Å². The van der Waals surface area contributed by atoms with Crippen LogP contribution in [0.5, 0.6) is 17.2 Å². The number of anilines is 2. The SMILES string of the molecule is COc1ccc(NC(=O)C(=O)N/N=C\c2cc(I)c(OCC(=O)Nc3c(C)cc(C)cc3C)c(OC)c2)cc1. The molecule has 0 bridgehead atoms. The predicted molar refractivity (Wildman–Crippen MR) is 158 cm³/mol. The monoisotopic (exact) mass is 644 g/mol. The van der Waals surface area contributed by atoms with E-state index in [0.29, 0.717) is 32.1 Å². The molecule has 3 N–H and O–H groups in total. The Morgan fingerprint density at radius 3 is 2.18 bits per heavy atom. The largest absolute Gasteiger partial charge is 0.497 e. The van der Waals surface area contributed by atoms with Crippen molar-refractivity contribution < 1.29 is 28.6 Å². The highest BCUT2D eigenvalue weighted by atomic mass is 127. The van der Waals surface area contributed by atoms with E-state index in [-0.39, 0.29) is 12.5 Å². The molecule has 0 radical (unpaired) electrons. The average Bonchev–Trinajstić information content (AvgIpc) is 2.90. The van der Waals surface area contributed by atoms with Crippen molar-refractivity contribution in [3.05, 3.63) is 74.4 Å². The van der Waals surface area contributed by atoms with Gasteiger partial charge in [0.15, 0.2) is 18.1 Å². The topological polar surface area (TPSA) is 127 Å². The first-order valence-corrected chi connectivity index (χ1v) is 12.9. The first-order chi connectivity index (χ1) is 18.6. The molecule has 0 aromatic heterocycles. The first-order valence-electron chi connectivity index (χ1n) is 11.8. The molecule has 3 aromatic carbocycles. The zero-order chi connectivity index (χ0) is 28.5. The summed E-state index contributed by atoms with van der Waals surface area (Å²) in [6.07, 6.45) is 1.36. The number of amides is 3. The van der Waals surface area contributed by atoms with Crippen molar-refractivity contribution in [1.82, 2.24) is 5.43 Å². The van der Waals surface area contributed by atoms with E-state index in [2.05, 4.69) is 43.8 Å². The number of carbonyl (C=O) groups excluding carboxylic acids is 3. The summed E-state index contributed by atoms with van der Waals surface area (Å²) >= 11 is 2.05. The van der Waals surface area contributed by atoms with Crippen molar-refractivity contribution in [3.8, 4) is 17.2 Å². The second kappa shape index (κ2) is 13.6. The predicted octanol–water partition coefficient (Wildman–Crippen LogP) is 4.34. The Hall–Kier alpha value is -4.13. The van der Waals surface area contributed by atoms with Gasteiger partial charge in [-0.05, 0) is 96.5 Å². The highest BCUT2D eigenvalue weighted by Crippen LogP contribution is 2.33. The molecule has 204 valence electrons. The molecule has 3 aromatic rings. The van der Waals surface area contributed by atoms with Crippen LogP contribution in [0.25, 0.3) is 0 Å². The van der Waals surface area contributed by atoms with E-state index < -0.39 is 11.8 Å². The van der Waals surface area contributed by atoms with Crippen molar-refractivity contribution in [2.45, 2.75) is 20.8 Å². The van der Waals surface area contributed by atoms with E-state index in [4.69, 9.17) is 14.2 Å². The number of hydrogen-bond acceptors (Lipinski definition) is 7. The average molecular weight is 644 g/mol. The third-order valence-corrected chi connectivity index (χ3v) is 6.28. The number of carbonyl (C=O) groups is 3. The molecule has 0 saturated carbocycles. The fourth-order valence-corrected chi connectivity index (χ4v) is 4.50. The Labute approximate surface area is 240 Å². The number of hydrazone groups is 1. The third kappa shape index (κ3) is 8.18. The van der Waals surface area contributed by atoms with Crippen LogP contribution in [-0.2, 0) is 14.4 Å². The lowest BCUT2D eigenvalue weighted by molar-refractivity contribution is -0.136. The number of rotatable bonds is 9. The van der Waals surface area contributed by atoms with E-state index in [1.165, 1.54) is 20.4 Å². The highest BCUT2D eigenvalue weighted by molar-refractivity contribution is 14.1. The summed E-state index contributed by atoms with van der Waals surface area (Å²) in [7, 11) is 3.01. The maximum atomic E-state index is 12.6. The smallest absolute Gasteiger partial charge is 0.329 e. The van der Waals surface area contributed by atoms with Gasteiger partial charge in [-0.3, -0.25) is 14.4 Å². The molecule has 0 aliphatic carbocycles. The molecule has 0 unspecified atom stereocenters. The zero-order valence-corrected chi connectivity index (χ0v) is 24.3. The Morgan fingerprint density at radius 1 is 0.897 bits per heavy atom. The number of nitrogens with one attached hydrogen (secondary N) is 3. The molecular weight excluding hydrogens is 615 g/mol. The Balaban J connectivity index is 1.59. The highest BCUT2D eigenvalue weighted by Gasteiger charge is 2.16. The molecule has 0 fully saturated rings. The molecule has 3 rings (SSSR count). The van der Waals surface area contributed by atoms with Gasteiger partial charge in [0.05, 0.1) is 24.0 Å².